The van der Waals surface area contributed by atoms with Crippen molar-refractivity contribution in [3.63, 3.8) is 0 Å². The number of hydrogen-bond donors (Lipinski definition) is 0. The number of rotatable bonds is 3. The summed E-state index contributed by atoms with van der Waals surface area (Å²) in [5, 5.41) is 0. The molecule has 0 spiro atoms. The maximum atomic E-state index is 13.2. The largest absolute Gasteiger partial charge is 0.335 e. The summed E-state index contributed by atoms with van der Waals surface area (Å²) in [6, 6.07) is 6.49. The minimum absolute atomic E-state index is 0.204. The van der Waals surface area contributed by atoms with Gasteiger partial charge in [0.05, 0.1) is 6.04 Å². The van der Waals surface area contributed by atoms with E-state index in [0.717, 1.165) is 12.1 Å². The minimum Gasteiger partial charge on any atom is -0.335 e. The summed E-state index contributed by atoms with van der Waals surface area (Å²) >= 11 is 0. The molecule has 1 heterocycles. The molecular formula is C15H14F2N2O. The Balaban J connectivity index is 2.22. The summed E-state index contributed by atoms with van der Waals surface area (Å²) in [4.78, 5) is 17.6. The first-order valence-corrected chi connectivity index (χ1v) is 6.13. The molecule has 1 atom stereocenters. The van der Waals surface area contributed by atoms with Crippen LogP contribution < -0.4 is 0 Å². The molecule has 1 aromatic heterocycles. The summed E-state index contributed by atoms with van der Waals surface area (Å²) in [6.45, 7) is 1.76. The number of nitrogens with zero attached hydrogens (tertiary/aromatic N) is 2. The molecular weight excluding hydrogens is 262 g/mol. The second-order valence-corrected chi connectivity index (χ2v) is 4.50. The van der Waals surface area contributed by atoms with Gasteiger partial charge in [-0.05, 0) is 36.8 Å². The smallest absolute Gasteiger partial charge is 0.254 e. The Labute approximate surface area is 115 Å². The fourth-order valence-corrected chi connectivity index (χ4v) is 1.87. The number of pyridine rings is 1. The first-order chi connectivity index (χ1) is 9.50. The van der Waals surface area contributed by atoms with E-state index in [1.165, 1.54) is 23.4 Å². The van der Waals surface area contributed by atoms with Gasteiger partial charge in [-0.3, -0.25) is 9.78 Å². The molecule has 2 aromatic rings. The highest BCUT2D eigenvalue weighted by Gasteiger charge is 2.19. The van der Waals surface area contributed by atoms with Crippen molar-refractivity contribution in [3.05, 3.63) is 65.5 Å². The van der Waals surface area contributed by atoms with Crippen molar-refractivity contribution in [2.45, 2.75) is 13.0 Å². The van der Waals surface area contributed by atoms with E-state index in [9.17, 15) is 13.6 Å². The van der Waals surface area contributed by atoms with Crippen molar-refractivity contribution >= 4 is 5.91 Å². The first kappa shape index (κ1) is 14.1. The Morgan fingerprint density at radius 1 is 1.15 bits per heavy atom. The molecule has 0 unspecified atom stereocenters. The fraction of sp³-hybridized carbons (Fsp3) is 0.200. The molecule has 0 radical (unpaired) electrons. The Morgan fingerprint density at radius 2 is 1.80 bits per heavy atom. The Morgan fingerprint density at radius 3 is 2.40 bits per heavy atom. The van der Waals surface area contributed by atoms with Crippen molar-refractivity contribution in [3.8, 4) is 0 Å². The number of amides is 1. The van der Waals surface area contributed by atoms with Gasteiger partial charge in [0.2, 0.25) is 0 Å². The van der Waals surface area contributed by atoms with Crippen LogP contribution in [0.25, 0.3) is 0 Å². The van der Waals surface area contributed by atoms with Crippen LogP contribution in [0.5, 0.6) is 0 Å². The Kier molecular flexibility index (Phi) is 4.08. The predicted octanol–water partition coefficient (Wildman–Crippen LogP) is 3.19. The van der Waals surface area contributed by atoms with Crippen LogP contribution >= 0.6 is 0 Å². The van der Waals surface area contributed by atoms with E-state index < -0.39 is 11.6 Å². The van der Waals surface area contributed by atoms with Crippen molar-refractivity contribution in [1.82, 2.24) is 9.88 Å². The molecule has 1 aromatic carbocycles. The van der Waals surface area contributed by atoms with Crippen LogP contribution in [0.1, 0.15) is 28.9 Å². The van der Waals surface area contributed by atoms with Crippen LogP contribution in [-0.2, 0) is 0 Å². The second kappa shape index (κ2) is 5.77. The quantitative estimate of drug-likeness (QED) is 0.862. The molecule has 0 saturated carbocycles. The maximum Gasteiger partial charge on any atom is 0.254 e. The van der Waals surface area contributed by atoms with Gasteiger partial charge in [-0.1, -0.05) is 6.07 Å². The predicted molar refractivity (Wildman–Crippen MR) is 71.1 cm³/mol. The Bertz CT molecular complexity index is 617. The lowest BCUT2D eigenvalue weighted by Crippen LogP contribution is -2.29. The Hall–Kier alpha value is -2.30. The number of benzene rings is 1. The zero-order valence-corrected chi connectivity index (χ0v) is 11.2. The number of halogens is 2. The SMILES string of the molecule is C[C@@H](c1ccc(F)c(F)c1)N(C)C(=O)c1ccncc1. The molecule has 20 heavy (non-hydrogen) atoms. The average molecular weight is 276 g/mol. The van der Waals surface area contributed by atoms with Crippen LogP contribution in [0.15, 0.2) is 42.7 Å². The standard InChI is InChI=1S/C15H14F2N2O/c1-10(12-3-4-13(16)14(17)9-12)19(2)15(20)11-5-7-18-8-6-11/h3-10H,1-2H3/t10-/m0/s1. The highest BCUT2D eigenvalue weighted by atomic mass is 19.2. The van der Waals surface area contributed by atoms with E-state index >= 15 is 0 Å². The molecule has 5 heteroatoms. The van der Waals surface area contributed by atoms with Gasteiger partial charge < -0.3 is 4.90 Å². The van der Waals surface area contributed by atoms with E-state index in [1.54, 1.807) is 26.1 Å². The zero-order valence-electron chi connectivity index (χ0n) is 11.2. The van der Waals surface area contributed by atoms with Gasteiger partial charge in [0.25, 0.3) is 5.91 Å². The minimum atomic E-state index is -0.917. The van der Waals surface area contributed by atoms with Crippen LogP contribution in [0.4, 0.5) is 8.78 Å². The van der Waals surface area contributed by atoms with Crippen LogP contribution in [0.3, 0.4) is 0 Å². The van der Waals surface area contributed by atoms with Gasteiger partial charge in [0.1, 0.15) is 0 Å². The third kappa shape index (κ3) is 2.82. The topological polar surface area (TPSA) is 33.2 Å². The molecule has 2 rings (SSSR count). The van der Waals surface area contributed by atoms with Gasteiger partial charge >= 0.3 is 0 Å². The van der Waals surface area contributed by atoms with Gasteiger partial charge in [0, 0.05) is 25.0 Å². The van der Waals surface area contributed by atoms with E-state index in [4.69, 9.17) is 0 Å². The number of hydrogen-bond acceptors (Lipinski definition) is 2. The molecule has 0 fully saturated rings. The summed E-state index contributed by atoms with van der Waals surface area (Å²) in [5.74, 6) is -2.02. The summed E-state index contributed by atoms with van der Waals surface area (Å²) in [7, 11) is 1.62. The monoisotopic (exact) mass is 276 g/mol. The fourth-order valence-electron chi connectivity index (χ4n) is 1.87. The number of aromatic nitrogens is 1. The molecule has 0 N–H and O–H groups in total. The van der Waals surface area contributed by atoms with Crippen molar-refractivity contribution in [2.24, 2.45) is 0 Å². The molecule has 1 amide bonds. The lowest BCUT2D eigenvalue weighted by Gasteiger charge is -2.25. The molecule has 0 aliphatic rings. The van der Waals surface area contributed by atoms with Gasteiger partial charge in [-0.2, -0.15) is 0 Å². The molecule has 104 valence electrons. The second-order valence-electron chi connectivity index (χ2n) is 4.50. The maximum absolute atomic E-state index is 13.2. The third-order valence-electron chi connectivity index (χ3n) is 3.25. The molecule has 0 bridgehead atoms. The summed E-state index contributed by atoms with van der Waals surface area (Å²) < 4.78 is 26.2. The van der Waals surface area contributed by atoms with Crippen molar-refractivity contribution in [2.75, 3.05) is 7.05 Å². The van der Waals surface area contributed by atoms with Gasteiger partial charge in [0.15, 0.2) is 11.6 Å². The van der Waals surface area contributed by atoms with E-state index in [-0.39, 0.29) is 11.9 Å². The van der Waals surface area contributed by atoms with E-state index in [0.29, 0.717) is 11.1 Å². The van der Waals surface area contributed by atoms with Crippen LogP contribution in [0, 0.1) is 11.6 Å². The first-order valence-electron chi connectivity index (χ1n) is 6.13. The lowest BCUT2D eigenvalue weighted by molar-refractivity contribution is 0.0742. The molecule has 0 aliphatic heterocycles. The molecule has 3 nitrogen and oxygen atoms in total. The normalized spacial score (nSPS) is 12.0. The van der Waals surface area contributed by atoms with Crippen LogP contribution in [0.2, 0.25) is 0 Å². The number of carbonyl (C=O) groups is 1. The average Bonchev–Trinajstić information content (AvgIpc) is 2.48. The summed E-state index contributed by atoms with van der Waals surface area (Å²) in [6.07, 6.45) is 3.06. The van der Waals surface area contributed by atoms with E-state index in [1.807, 2.05) is 0 Å². The molecule has 0 aliphatic carbocycles. The van der Waals surface area contributed by atoms with Gasteiger partial charge in [-0.25, -0.2) is 8.78 Å². The third-order valence-corrected chi connectivity index (χ3v) is 3.25. The number of carbonyl (C=O) groups excluding carboxylic acids is 1. The van der Waals surface area contributed by atoms with Crippen molar-refractivity contribution in [1.29, 1.82) is 0 Å². The highest BCUT2D eigenvalue weighted by Crippen LogP contribution is 2.22. The van der Waals surface area contributed by atoms with Gasteiger partial charge in [-0.15, -0.1) is 0 Å². The zero-order chi connectivity index (χ0) is 14.7. The summed E-state index contributed by atoms with van der Waals surface area (Å²) in [5.41, 5.74) is 1.03. The van der Waals surface area contributed by atoms with Crippen LogP contribution in [-0.4, -0.2) is 22.8 Å². The van der Waals surface area contributed by atoms with Crippen molar-refractivity contribution < 1.29 is 13.6 Å². The highest BCUT2D eigenvalue weighted by molar-refractivity contribution is 5.94. The molecule has 0 saturated heterocycles. The van der Waals surface area contributed by atoms with E-state index in [2.05, 4.69) is 4.98 Å². The lowest BCUT2D eigenvalue weighted by atomic mass is 10.1.